The van der Waals surface area contributed by atoms with Gasteiger partial charge in [0.25, 0.3) is 0 Å². The zero-order valence-electron chi connectivity index (χ0n) is 23.4. The van der Waals surface area contributed by atoms with Gasteiger partial charge in [-0.2, -0.15) is 0 Å². The SMILES string of the molecule is COc1ccc(COCN[C@@H](CC2(C)COC2)C2CCC(c3ccnc4ccc(CF)cc34)CC2)cn1.FCF.[HH].[HH].[HH]. The number of ether oxygens (including phenoxy) is 3. The molecule has 1 N–H and O–H groups in total. The number of hydrogen-bond acceptors (Lipinski definition) is 6. The van der Waals surface area contributed by atoms with Gasteiger partial charge in [0.05, 0.1) is 39.2 Å². The van der Waals surface area contributed by atoms with Crippen molar-refractivity contribution in [3.8, 4) is 5.88 Å². The van der Waals surface area contributed by atoms with Crippen molar-refractivity contribution >= 4 is 10.9 Å². The van der Waals surface area contributed by atoms with E-state index in [4.69, 9.17) is 14.2 Å². The van der Waals surface area contributed by atoms with Crippen LogP contribution in [0.2, 0.25) is 0 Å². The zero-order valence-corrected chi connectivity index (χ0v) is 23.4. The molecule has 1 aliphatic carbocycles. The van der Waals surface area contributed by atoms with Gasteiger partial charge in [0.1, 0.15) is 6.67 Å². The van der Waals surface area contributed by atoms with E-state index < -0.39 is 13.6 Å². The molecule has 3 aromatic rings. The first-order chi connectivity index (χ1) is 19.5. The third kappa shape index (κ3) is 7.92. The molecule has 9 heteroatoms. The summed E-state index contributed by atoms with van der Waals surface area (Å²) in [6.45, 7) is 2.82. The van der Waals surface area contributed by atoms with E-state index in [0.717, 1.165) is 67.3 Å². The summed E-state index contributed by atoms with van der Waals surface area (Å²) in [6.07, 6.45) is 9.37. The van der Waals surface area contributed by atoms with Crippen LogP contribution in [0.25, 0.3) is 10.9 Å². The van der Waals surface area contributed by atoms with Gasteiger partial charge in [-0.15, -0.1) is 0 Å². The van der Waals surface area contributed by atoms with Crippen LogP contribution < -0.4 is 10.1 Å². The molecular formula is C31H46F3N3O3. The van der Waals surface area contributed by atoms with Crippen LogP contribution >= 0.6 is 0 Å². The Hall–Kier alpha value is -2.75. The lowest BCUT2D eigenvalue weighted by atomic mass is 9.71. The Balaban J connectivity index is 0.00000148. The highest BCUT2D eigenvalue weighted by atomic mass is 19.3. The average Bonchev–Trinajstić information content (AvgIpc) is 2.98. The van der Waals surface area contributed by atoms with E-state index in [-0.39, 0.29) is 9.69 Å². The van der Waals surface area contributed by atoms with Crippen molar-refractivity contribution in [1.82, 2.24) is 15.3 Å². The van der Waals surface area contributed by atoms with Crippen LogP contribution in [0.15, 0.2) is 48.8 Å². The number of hydrogen-bond donors (Lipinski definition) is 1. The number of methoxy groups -OCH3 is 1. The van der Waals surface area contributed by atoms with Gasteiger partial charge in [0.15, 0.2) is 0 Å². The molecule has 5 rings (SSSR count). The van der Waals surface area contributed by atoms with E-state index in [1.54, 1.807) is 13.3 Å². The van der Waals surface area contributed by atoms with Crippen molar-refractivity contribution in [2.24, 2.45) is 11.3 Å². The minimum absolute atomic E-state index is 0. The van der Waals surface area contributed by atoms with Gasteiger partial charge in [0, 0.05) is 39.6 Å². The smallest absolute Gasteiger partial charge is 0.229 e. The molecule has 0 amide bonds. The van der Waals surface area contributed by atoms with E-state index in [1.165, 1.54) is 5.56 Å². The summed E-state index contributed by atoms with van der Waals surface area (Å²) in [7, 11) is 1.62. The van der Waals surface area contributed by atoms with E-state index in [2.05, 4.69) is 28.3 Å². The molecule has 1 atom stereocenters. The fourth-order valence-corrected chi connectivity index (χ4v) is 5.94. The normalized spacial score (nSPS) is 20.7. The number of aromatic nitrogens is 2. The summed E-state index contributed by atoms with van der Waals surface area (Å²) in [5.74, 6) is 1.68. The minimum Gasteiger partial charge on any atom is -0.481 e. The van der Waals surface area contributed by atoms with Crippen molar-refractivity contribution in [2.75, 3.05) is 34.0 Å². The number of rotatable bonds is 11. The molecule has 2 aliphatic rings. The third-order valence-corrected chi connectivity index (χ3v) is 8.11. The Labute approximate surface area is 239 Å². The topological polar surface area (TPSA) is 65.5 Å². The minimum atomic E-state index is -1.75. The molecule has 0 bridgehead atoms. The highest BCUT2D eigenvalue weighted by molar-refractivity contribution is 5.83. The number of fused-ring (bicyclic) bond motifs is 1. The highest BCUT2D eigenvalue weighted by Gasteiger charge is 2.39. The fourth-order valence-electron chi connectivity index (χ4n) is 5.94. The summed E-state index contributed by atoms with van der Waals surface area (Å²) < 4.78 is 49.3. The van der Waals surface area contributed by atoms with Gasteiger partial charge < -0.3 is 14.2 Å². The quantitative estimate of drug-likeness (QED) is 0.191. The maximum Gasteiger partial charge on any atom is 0.229 e. The molecule has 2 fully saturated rings. The highest BCUT2D eigenvalue weighted by Crippen LogP contribution is 2.42. The molecule has 0 unspecified atom stereocenters. The summed E-state index contributed by atoms with van der Waals surface area (Å²) in [4.78, 5) is 8.77. The van der Waals surface area contributed by atoms with Gasteiger partial charge >= 0.3 is 0 Å². The average molecular weight is 566 g/mol. The standard InChI is InChI=1S/C30H38FN3O3.CH2F2.3H2/c1-30(18-37-19-30)14-28(34-20-36-17-22-4-10-29(35-2)33-16-22)24-7-5-23(6-8-24)25-11-12-32-27-9-3-21(15-31)13-26(25)27;2-1-3;;;/h3-4,9-13,16,23-24,28,34H,5-8,14-15,17-20H2,1-2H3;1H2;3*1H/t23?,24?,28-;;;;/m0..../s1. The van der Waals surface area contributed by atoms with Gasteiger partial charge in [-0.3, -0.25) is 10.3 Å². The molecule has 0 radical (unpaired) electrons. The van der Waals surface area contributed by atoms with Crippen molar-refractivity contribution in [3.63, 3.8) is 0 Å². The molecule has 1 saturated heterocycles. The van der Waals surface area contributed by atoms with E-state index in [0.29, 0.717) is 37.1 Å². The van der Waals surface area contributed by atoms with Crippen molar-refractivity contribution < 1.29 is 31.7 Å². The van der Waals surface area contributed by atoms with Crippen molar-refractivity contribution in [3.05, 3.63) is 65.5 Å². The van der Waals surface area contributed by atoms with Crippen LogP contribution in [-0.4, -0.2) is 50.0 Å². The second kappa shape index (κ2) is 14.8. The van der Waals surface area contributed by atoms with Crippen LogP contribution in [0.3, 0.4) is 0 Å². The first-order valence-corrected chi connectivity index (χ1v) is 13.9. The second-order valence-corrected chi connectivity index (χ2v) is 11.1. The molecule has 40 heavy (non-hydrogen) atoms. The molecule has 6 nitrogen and oxygen atoms in total. The Kier molecular flexibility index (Phi) is 11.1. The third-order valence-electron chi connectivity index (χ3n) is 8.11. The lowest BCUT2D eigenvalue weighted by molar-refractivity contribution is -0.114. The summed E-state index contributed by atoms with van der Waals surface area (Å²) in [5, 5.41) is 4.84. The van der Waals surface area contributed by atoms with Crippen LogP contribution in [0, 0.1) is 11.3 Å². The monoisotopic (exact) mass is 565 g/mol. The summed E-state index contributed by atoms with van der Waals surface area (Å²) in [5.41, 5.74) is 4.26. The maximum absolute atomic E-state index is 13.3. The van der Waals surface area contributed by atoms with Crippen molar-refractivity contribution in [1.29, 1.82) is 0 Å². The number of nitrogens with zero attached hydrogens (tertiary/aromatic N) is 2. The molecule has 2 aromatic heterocycles. The molecule has 224 valence electrons. The maximum atomic E-state index is 13.3. The van der Waals surface area contributed by atoms with Crippen LogP contribution in [0.1, 0.15) is 65.9 Å². The molecule has 1 aliphatic heterocycles. The first-order valence-electron chi connectivity index (χ1n) is 13.9. The van der Waals surface area contributed by atoms with E-state index in [1.807, 2.05) is 36.5 Å². The van der Waals surface area contributed by atoms with Crippen LogP contribution in [0.4, 0.5) is 13.2 Å². The number of benzene rings is 1. The van der Waals surface area contributed by atoms with Gasteiger partial charge in [-0.25, -0.2) is 18.2 Å². The van der Waals surface area contributed by atoms with Crippen LogP contribution in [0.5, 0.6) is 5.88 Å². The van der Waals surface area contributed by atoms with E-state index >= 15 is 0 Å². The number of pyridine rings is 2. The largest absolute Gasteiger partial charge is 0.481 e. The molecule has 3 heterocycles. The summed E-state index contributed by atoms with van der Waals surface area (Å²) >= 11 is 0. The fraction of sp³-hybridized carbons (Fsp3) is 0.548. The molecular weight excluding hydrogens is 519 g/mol. The van der Waals surface area contributed by atoms with Crippen molar-refractivity contribution in [2.45, 2.75) is 64.3 Å². The number of nitrogens with one attached hydrogen (secondary N) is 1. The Morgan fingerprint density at radius 1 is 1.05 bits per heavy atom. The number of halogens is 3. The zero-order chi connectivity index (χ0) is 28.4. The van der Waals surface area contributed by atoms with Gasteiger partial charge in [-0.05, 0) is 84.9 Å². The van der Waals surface area contributed by atoms with Crippen LogP contribution in [-0.2, 0) is 22.8 Å². The molecule has 1 aromatic carbocycles. The van der Waals surface area contributed by atoms with E-state index in [9.17, 15) is 13.2 Å². The number of alkyl halides is 3. The van der Waals surface area contributed by atoms with Gasteiger partial charge in [-0.1, -0.05) is 13.0 Å². The predicted molar refractivity (Wildman–Crippen MR) is 156 cm³/mol. The summed E-state index contributed by atoms with van der Waals surface area (Å²) in [6, 6.07) is 12.1. The lowest BCUT2D eigenvalue weighted by Crippen LogP contribution is -2.49. The molecule has 1 saturated carbocycles. The second-order valence-electron chi connectivity index (χ2n) is 11.1. The lowest BCUT2D eigenvalue weighted by Gasteiger charge is -2.44. The first kappa shape index (κ1) is 30.2. The Morgan fingerprint density at radius 3 is 2.42 bits per heavy atom. The Morgan fingerprint density at radius 2 is 1.80 bits per heavy atom. The Bertz CT molecular complexity index is 1200. The van der Waals surface area contributed by atoms with Gasteiger partial charge in [0.2, 0.25) is 12.8 Å². The predicted octanol–water partition coefficient (Wildman–Crippen LogP) is 7.56. The molecule has 0 spiro atoms.